The van der Waals surface area contributed by atoms with Gasteiger partial charge in [0.1, 0.15) is 0 Å². The maximum Gasteiger partial charge on any atom is 0.260 e. The number of carbonyl (C=O) groups is 1. The molecule has 26 heavy (non-hydrogen) atoms. The van der Waals surface area contributed by atoms with Crippen molar-refractivity contribution in [1.82, 2.24) is 4.90 Å². The molecule has 0 spiro atoms. The van der Waals surface area contributed by atoms with Crippen LogP contribution in [-0.4, -0.2) is 61.5 Å². The Hall–Kier alpha value is -1.79. The fraction of sp³-hybridized carbons (Fsp3) is 0.650. The highest BCUT2D eigenvalue weighted by molar-refractivity contribution is 5.78. The van der Waals surface area contributed by atoms with Gasteiger partial charge in [0, 0.05) is 32.2 Å². The van der Waals surface area contributed by atoms with E-state index in [2.05, 4.69) is 0 Å². The van der Waals surface area contributed by atoms with Crippen LogP contribution in [0.4, 0.5) is 0 Å². The van der Waals surface area contributed by atoms with Gasteiger partial charge in [-0.2, -0.15) is 0 Å². The van der Waals surface area contributed by atoms with Gasteiger partial charge in [-0.1, -0.05) is 19.1 Å². The quantitative estimate of drug-likeness (QED) is 0.868. The Bertz CT molecular complexity index is 616. The van der Waals surface area contributed by atoms with Crippen molar-refractivity contribution in [3.8, 4) is 11.5 Å². The van der Waals surface area contributed by atoms with Gasteiger partial charge in [0.05, 0.1) is 12.7 Å². The fourth-order valence-electron chi connectivity index (χ4n) is 4.14. The van der Waals surface area contributed by atoms with Gasteiger partial charge in [0.2, 0.25) is 0 Å². The average molecular weight is 363 g/mol. The summed E-state index contributed by atoms with van der Waals surface area (Å²) in [4.78, 5) is 14.4. The molecule has 2 aliphatic heterocycles. The molecule has 0 unspecified atom stereocenters. The van der Waals surface area contributed by atoms with Crippen LogP contribution in [-0.2, 0) is 9.53 Å². The van der Waals surface area contributed by atoms with Crippen molar-refractivity contribution in [3.63, 3.8) is 0 Å². The van der Waals surface area contributed by atoms with Crippen molar-refractivity contribution in [1.29, 1.82) is 0 Å². The molecule has 0 saturated carbocycles. The molecule has 1 aromatic carbocycles. The van der Waals surface area contributed by atoms with Crippen LogP contribution in [0, 0.1) is 11.8 Å². The molecule has 2 aliphatic rings. The number of para-hydroxylation sites is 2. The van der Waals surface area contributed by atoms with Gasteiger partial charge < -0.3 is 24.2 Å². The highest BCUT2D eigenvalue weighted by Crippen LogP contribution is 2.39. The monoisotopic (exact) mass is 363 g/mol. The zero-order valence-corrected chi connectivity index (χ0v) is 15.6. The number of methoxy groups -OCH3 is 1. The number of likely N-dealkylation sites (tertiary alicyclic amines) is 1. The zero-order valence-electron chi connectivity index (χ0n) is 15.6. The van der Waals surface area contributed by atoms with E-state index in [1.54, 1.807) is 24.1 Å². The predicted molar refractivity (Wildman–Crippen MR) is 97.3 cm³/mol. The number of hydrogen-bond acceptors (Lipinski definition) is 5. The van der Waals surface area contributed by atoms with Gasteiger partial charge in [-0.15, -0.1) is 0 Å². The molecule has 6 heteroatoms. The molecule has 2 saturated heterocycles. The zero-order chi connectivity index (χ0) is 18.6. The van der Waals surface area contributed by atoms with Crippen molar-refractivity contribution < 1.29 is 24.1 Å². The van der Waals surface area contributed by atoms with E-state index in [1.807, 2.05) is 19.1 Å². The van der Waals surface area contributed by atoms with Crippen LogP contribution in [0.25, 0.3) is 0 Å². The number of carbonyl (C=O) groups excluding carboxylic acids is 1. The molecule has 1 aromatic rings. The third-order valence-electron chi connectivity index (χ3n) is 5.83. The SMILES string of the molecule is COc1ccccc1OCC(=O)N1CC[C@@](O)(C2CCOCC2)[C@H](C)C1. The number of nitrogens with zero attached hydrogens (tertiary/aromatic N) is 1. The summed E-state index contributed by atoms with van der Waals surface area (Å²) in [5.41, 5.74) is -0.704. The number of piperidine rings is 1. The van der Waals surface area contributed by atoms with E-state index in [-0.39, 0.29) is 24.3 Å². The lowest BCUT2D eigenvalue weighted by molar-refractivity contribution is -0.152. The molecule has 2 atom stereocenters. The van der Waals surface area contributed by atoms with Crippen molar-refractivity contribution in [2.75, 3.05) is 40.0 Å². The molecule has 1 amide bonds. The van der Waals surface area contributed by atoms with E-state index < -0.39 is 5.60 Å². The summed E-state index contributed by atoms with van der Waals surface area (Å²) in [6.07, 6.45) is 2.40. The van der Waals surface area contributed by atoms with E-state index in [0.29, 0.717) is 31.0 Å². The first-order valence-electron chi connectivity index (χ1n) is 9.38. The van der Waals surface area contributed by atoms with Gasteiger partial charge in [0.15, 0.2) is 18.1 Å². The Kier molecular flexibility index (Phi) is 6.04. The van der Waals surface area contributed by atoms with E-state index in [0.717, 1.165) is 26.1 Å². The number of benzene rings is 1. The molecule has 6 nitrogen and oxygen atoms in total. The fourth-order valence-corrected chi connectivity index (χ4v) is 4.14. The van der Waals surface area contributed by atoms with E-state index in [9.17, 15) is 9.90 Å². The van der Waals surface area contributed by atoms with Crippen LogP contribution in [0.1, 0.15) is 26.2 Å². The second-order valence-corrected chi connectivity index (χ2v) is 7.31. The number of rotatable bonds is 5. The smallest absolute Gasteiger partial charge is 0.260 e. The van der Waals surface area contributed by atoms with Gasteiger partial charge in [0.25, 0.3) is 5.91 Å². The van der Waals surface area contributed by atoms with Crippen molar-refractivity contribution in [3.05, 3.63) is 24.3 Å². The molecule has 144 valence electrons. The minimum Gasteiger partial charge on any atom is -0.493 e. The average Bonchev–Trinajstić information content (AvgIpc) is 2.69. The molecule has 0 aromatic heterocycles. The number of aliphatic hydroxyl groups is 1. The normalized spacial score (nSPS) is 27.2. The molecule has 2 heterocycles. The molecular weight excluding hydrogens is 334 g/mol. The minimum atomic E-state index is -0.704. The van der Waals surface area contributed by atoms with Crippen molar-refractivity contribution in [2.45, 2.75) is 31.8 Å². The van der Waals surface area contributed by atoms with E-state index >= 15 is 0 Å². The van der Waals surface area contributed by atoms with Gasteiger partial charge >= 0.3 is 0 Å². The second-order valence-electron chi connectivity index (χ2n) is 7.31. The first-order valence-corrected chi connectivity index (χ1v) is 9.38. The summed E-state index contributed by atoms with van der Waals surface area (Å²) in [6.45, 7) is 4.57. The van der Waals surface area contributed by atoms with E-state index in [4.69, 9.17) is 14.2 Å². The molecule has 1 N–H and O–H groups in total. The highest BCUT2D eigenvalue weighted by atomic mass is 16.5. The molecule has 2 fully saturated rings. The van der Waals surface area contributed by atoms with Crippen LogP contribution in [0.15, 0.2) is 24.3 Å². The number of amides is 1. The summed E-state index contributed by atoms with van der Waals surface area (Å²) < 4.78 is 16.3. The number of hydrogen-bond donors (Lipinski definition) is 1. The third-order valence-corrected chi connectivity index (χ3v) is 5.83. The van der Waals surface area contributed by atoms with Crippen LogP contribution in [0.3, 0.4) is 0 Å². The Morgan fingerprint density at radius 2 is 2.00 bits per heavy atom. The molecular formula is C20H29NO5. The highest BCUT2D eigenvalue weighted by Gasteiger charge is 2.46. The molecule has 3 rings (SSSR count). The number of ether oxygens (including phenoxy) is 3. The van der Waals surface area contributed by atoms with Crippen molar-refractivity contribution in [2.24, 2.45) is 11.8 Å². The largest absolute Gasteiger partial charge is 0.493 e. The van der Waals surface area contributed by atoms with E-state index in [1.165, 1.54) is 0 Å². The summed E-state index contributed by atoms with van der Waals surface area (Å²) >= 11 is 0. The summed E-state index contributed by atoms with van der Waals surface area (Å²) in [6, 6.07) is 7.29. The Morgan fingerprint density at radius 1 is 1.31 bits per heavy atom. The van der Waals surface area contributed by atoms with Gasteiger partial charge in [-0.05, 0) is 37.3 Å². The first-order chi connectivity index (χ1) is 12.5. The molecule has 0 aliphatic carbocycles. The van der Waals surface area contributed by atoms with Gasteiger partial charge in [-0.3, -0.25) is 4.79 Å². The lowest BCUT2D eigenvalue weighted by Gasteiger charge is -2.48. The minimum absolute atomic E-state index is 0.0250. The van der Waals surface area contributed by atoms with Crippen LogP contribution in [0.5, 0.6) is 11.5 Å². The maximum absolute atomic E-state index is 12.6. The standard InChI is InChI=1S/C20H29NO5/c1-15-13-21(10-9-20(15,23)16-7-11-25-12-8-16)19(22)14-26-18-6-4-3-5-17(18)24-2/h3-6,15-16,23H,7-14H2,1-2H3/t15-,20+/m1/s1. The van der Waals surface area contributed by atoms with Crippen molar-refractivity contribution >= 4 is 5.91 Å². The summed E-state index contributed by atoms with van der Waals surface area (Å²) in [7, 11) is 1.58. The molecule has 0 bridgehead atoms. The second kappa shape index (κ2) is 8.27. The van der Waals surface area contributed by atoms with Gasteiger partial charge in [-0.25, -0.2) is 0 Å². The first kappa shape index (κ1) is 19.0. The van der Waals surface area contributed by atoms with Crippen LogP contribution < -0.4 is 9.47 Å². The molecule has 0 radical (unpaired) electrons. The lowest BCUT2D eigenvalue weighted by Crippen LogP contribution is -2.57. The third kappa shape index (κ3) is 3.96. The Balaban J connectivity index is 1.55. The van der Waals surface area contributed by atoms with Crippen LogP contribution >= 0.6 is 0 Å². The lowest BCUT2D eigenvalue weighted by atomic mass is 9.70. The topological polar surface area (TPSA) is 68.2 Å². The Morgan fingerprint density at radius 3 is 2.65 bits per heavy atom. The maximum atomic E-state index is 12.6. The van der Waals surface area contributed by atoms with Crippen LogP contribution in [0.2, 0.25) is 0 Å². The Labute approximate surface area is 155 Å². The summed E-state index contributed by atoms with van der Waals surface area (Å²) in [5, 5.41) is 11.2. The summed E-state index contributed by atoms with van der Waals surface area (Å²) in [5.74, 6) is 1.41. The predicted octanol–water partition coefficient (Wildman–Crippen LogP) is 2.10.